The quantitative estimate of drug-likeness (QED) is 0.709. The minimum atomic E-state index is -0.145. The van der Waals surface area contributed by atoms with Crippen LogP contribution in [0.4, 0.5) is 0 Å². The van der Waals surface area contributed by atoms with Crippen LogP contribution in [0, 0.1) is 0 Å². The third-order valence-corrected chi connectivity index (χ3v) is 5.06. The molecule has 1 aliphatic rings. The van der Waals surface area contributed by atoms with Gasteiger partial charge in [-0.2, -0.15) is 0 Å². The molecule has 132 valence electrons. The molecule has 0 unspecified atom stereocenters. The number of nitrogens with zero attached hydrogens (tertiary/aromatic N) is 4. The van der Waals surface area contributed by atoms with E-state index in [4.69, 9.17) is 4.42 Å². The summed E-state index contributed by atoms with van der Waals surface area (Å²) in [6.45, 7) is 1.90. The van der Waals surface area contributed by atoms with E-state index in [1.807, 2.05) is 18.2 Å². The maximum Gasteiger partial charge on any atom is 0.289 e. The van der Waals surface area contributed by atoms with Gasteiger partial charge in [0.15, 0.2) is 5.76 Å². The average Bonchev–Trinajstić information content (AvgIpc) is 3.40. The molecule has 3 aromatic rings. The van der Waals surface area contributed by atoms with Crippen molar-refractivity contribution < 1.29 is 14.0 Å². The molecule has 0 aromatic carbocycles. The molecule has 0 spiro atoms. The maximum absolute atomic E-state index is 12.7. The van der Waals surface area contributed by atoms with Gasteiger partial charge < -0.3 is 14.2 Å². The monoisotopic (exact) mass is 368 g/mol. The molecule has 4 rings (SSSR count). The minimum Gasteiger partial charge on any atom is -0.459 e. The van der Waals surface area contributed by atoms with Crippen LogP contribution in [0.25, 0.3) is 10.7 Å². The Balaban J connectivity index is 1.40. The number of pyridine rings is 1. The Labute approximate surface area is 153 Å². The summed E-state index contributed by atoms with van der Waals surface area (Å²) in [5, 5.41) is 2.48. The number of carbonyl (C=O) groups excluding carboxylic acids is 2. The summed E-state index contributed by atoms with van der Waals surface area (Å²) in [7, 11) is 0. The predicted molar refractivity (Wildman–Crippen MR) is 95.9 cm³/mol. The fourth-order valence-corrected chi connectivity index (χ4v) is 3.58. The highest BCUT2D eigenvalue weighted by molar-refractivity contribution is 7.13. The topological polar surface area (TPSA) is 79.5 Å². The molecule has 0 bridgehead atoms. The van der Waals surface area contributed by atoms with Crippen LogP contribution in [0.5, 0.6) is 0 Å². The molecule has 0 radical (unpaired) electrons. The van der Waals surface area contributed by atoms with E-state index in [-0.39, 0.29) is 11.8 Å². The van der Waals surface area contributed by atoms with Gasteiger partial charge in [0.05, 0.1) is 12.0 Å². The molecule has 0 aliphatic carbocycles. The summed E-state index contributed by atoms with van der Waals surface area (Å²) in [5.41, 5.74) is 1.17. The second-order valence-electron chi connectivity index (χ2n) is 5.81. The van der Waals surface area contributed by atoms with Crippen LogP contribution in [0.2, 0.25) is 0 Å². The van der Waals surface area contributed by atoms with E-state index in [2.05, 4.69) is 9.97 Å². The summed E-state index contributed by atoms with van der Waals surface area (Å²) in [4.78, 5) is 37.1. The number of rotatable bonds is 3. The van der Waals surface area contributed by atoms with Gasteiger partial charge >= 0.3 is 0 Å². The lowest BCUT2D eigenvalue weighted by Crippen LogP contribution is -2.50. The molecule has 7 nitrogen and oxygen atoms in total. The zero-order valence-corrected chi connectivity index (χ0v) is 14.7. The first-order valence-corrected chi connectivity index (χ1v) is 9.09. The third-order valence-electron chi connectivity index (χ3n) is 4.19. The first-order valence-electron chi connectivity index (χ1n) is 8.21. The second kappa shape index (κ2) is 7.09. The van der Waals surface area contributed by atoms with Crippen LogP contribution in [-0.4, -0.2) is 57.8 Å². The lowest BCUT2D eigenvalue weighted by Gasteiger charge is -2.34. The Morgan fingerprint density at radius 2 is 1.77 bits per heavy atom. The van der Waals surface area contributed by atoms with Crippen molar-refractivity contribution in [1.82, 2.24) is 19.8 Å². The zero-order chi connectivity index (χ0) is 17.9. The first kappa shape index (κ1) is 16.5. The number of amides is 2. The Bertz CT molecular complexity index is 900. The van der Waals surface area contributed by atoms with Gasteiger partial charge in [0.2, 0.25) is 0 Å². The number of thiazole rings is 1. The zero-order valence-electron chi connectivity index (χ0n) is 13.9. The molecule has 4 heterocycles. The molecule has 3 aromatic heterocycles. The Morgan fingerprint density at radius 1 is 1.00 bits per heavy atom. The molecule has 0 atom stereocenters. The van der Waals surface area contributed by atoms with Crippen molar-refractivity contribution in [3.05, 3.63) is 59.6 Å². The summed E-state index contributed by atoms with van der Waals surface area (Å²) in [6, 6.07) is 8.93. The fourth-order valence-electron chi connectivity index (χ4n) is 2.81. The minimum absolute atomic E-state index is 0.117. The summed E-state index contributed by atoms with van der Waals surface area (Å²) in [6.07, 6.45) is 3.18. The number of carbonyl (C=O) groups is 2. The predicted octanol–water partition coefficient (Wildman–Crippen LogP) is 2.40. The fraction of sp³-hybridized carbons (Fsp3) is 0.222. The molecular formula is C18H16N4O3S. The molecule has 1 fully saturated rings. The number of hydrogen-bond donors (Lipinski definition) is 0. The molecule has 0 saturated carbocycles. The van der Waals surface area contributed by atoms with Crippen molar-refractivity contribution in [2.24, 2.45) is 0 Å². The highest BCUT2D eigenvalue weighted by Crippen LogP contribution is 2.22. The number of piperazine rings is 1. The third kappa shape index (κ3) is 3.23. The highest BCUT2D eigenvalue weighted by Gasteiger charge is 2.27. The largest absolute Gasteiger partial charge is 0.459 e. The molecule has 1 saturated heterocycles. The van der Waals surface area contributed by atoms with Gasteiger partial charge in [-0.3, -0.25) is 14.6 Å². The summed E-state index contributed by atoms with van der Waals surface area (Å²) < 4.78 is 5.15. The second-order valence-corrected chi connectivity index (χ2v) is 6.67. The number of furan rings is 1. The van der Waals surface area contributed by atoms with E-state index in [1.165, 1.54) is 17.6 Å². The van der Waals surface area contributed by atoms with Crippen LogP contribution in [-0.2, 0) is 0 Å². The van der Waals surface area contributed by atoms with Gasteiger partial charge in [0, 0.05) is 37.8 Å². The van der Waals surface area contributed by atoms with E-state index in [1.54, 1.807) is 33.5 Å². The van der Waals surface area contributed by atoms with Crippen molar-refractivity contribution in [2.45, 2.75) is 0 Å². The van der Waals surface area contributed by atoms with E-state index in [0.717, 1.165) is 10.7 Å². The lowest BCUT2D eigenvalue weighted by molar-refractivity contribution is 0.0515. The first-order chi connectivity index (χ1) is 12.7. The molecular weight excluding hydrogens is 352 g/mol. The van der Waals surface area contributed by atoms with Crippen LogP contribution < -0.4 is 0 Å². The van der Waals surface area contributed by atoms with Crippen LogP contribution in [0.3, 0.4) is 0 Å². The van der Waals surface area contributed by atoms with Gasteiger partial charge in [0.25, 0.3) is 11.8 Å². The van der Waals surface area contributed by atoms with Gasteiger partial charge in [-0.15, -0.1) is 11.3 Å². The van der Waals surface area contributed by atoms with Crippen molar-refractivity contribution in [1.29, 1.82) is 0 Å². The average molecular weight is 368 g/mol. The van der Waals surface area contributed by atoms with Crippen molar-refractivity contribution in [2.75, 3.05) is 26.2 Å². The van der Waals surface area contributed by atoms with Gasteiger partial charge in [0.1, 0.15) is 10.7 Å². The standard InChI is InChI=1S/C18H16N4O3S/c23-17(14-12-26-16(20-14)13-4-1-2-6-19-13)21-7-9-22(10-8-21)18(24)15-5-3-11-25-15/h1-6,11-12H,7-10H2. The lowest BCUT2D eigenvalue weighted by atomic mass is 10.2. The Kier molecular flexibility index (Phi) is 4.49. The van der Waals surface area contributed by atoms with Gasteiger partial charge in [-0.25, -0.2) is 4.98 Å². The summed E-state index contributed by atoms with van der Waals surface area (Å²) in [5.74, 6) is 0.0611. The van der Waals surface area contributed by atoms with E-state index < -0.39 is 0 Å². The van der Waals surface area contributed by atoms with Crippen LogP contribution in [0.15, 0.2) is 52.6 Å². The SMILES string of the molecule is O=C(c1csc(-c2ccccn2)n1)N1CCN(C(=O)c2ccco2)CC1. The van der Waals surface area contributed by atoms with E-state index >= 15 is 0 Å². The van der Waals surface area contributed by atoms with Gasteiger partial charge in [-0.05, 0) is 24.3 Å². The highest BCUT2D eigenvalue weighted by atomic mass is 32.1. The van der Waals surface area contributed by atoms with Crippen LogP contribution in [0.1, 0.15) is 21.0 Å². The van der Waals surface area contributed by atoms with E-state index in [0.29, 0.717) is 37.6 Å². The smallest absolute Gasteiger partial charge is 0.289 e. The molecule has 1 aliphatic heterocycles. The van der Waals surface area contributed by atoms with Crippen molar-refractivity contribution >= 4 is 23.2 Å². The number of aromatic nitrogens is 2. The molecule has 8 heteroatoms. The number of hydrogen-bond acceptors (Lipinski definition) is 6. The maximum atomic E-state index is 12.7. The van der Waals surface area contributed by atoms with Crippen molar-refractivity contribution in [3.63, 3.8) is 0 Å². The van der Waals surface area contributed by atoms with E-state index in [9.17, 15) is 9.59 Å². The normalized spacial score (nSPS) is 14.5. The van der Waals surface area contributed by atoms with Gasteiger partial charge in [-0.1, -0.05) is 6.07 Å². The summed E-state index contributed by atoms with van der Waals surface area (Å²) >= 11 is 1.40. The Morgan fingerprint density at radius 3 is 2.42 bits per heavy atom. The Hall–Kier alpha value is -3.00. The van der Waals surface area contributed by atoms with Crippen LogP contribution >= 0.6 is 11.3 Å². The van der Waals surface area contributed by atoms with Crippen molar-refractivity contribution in [3.8, 4) is 10.7 Å². The molecule has 26 heavy (non-hydrogen) atoms. The molecule has 2 amide bonds. The molecule has 0 N–H and O–H groups in total.